The predicted octanol–water partition coefficient (Wildman–Crippen LogP) is 2.49. The summed E-state index contributed by atoms with van der Waals surface area (Å²) in [6.45, 7) is 3.33. The molecule has 0 spiro atoms. The minimum Gasteiger partial charge on any atom is -0.491 e. The van der Waals surface area contributed by atoms with Gasteiger partial charge in [-0.05, 0) is 48.7 Å². The van der Waals surface area contributed by atoms with Gasteiger partial charge in [-0.1, -0.05) is 18.2 Å². The number of halogens is 1. The molecule has 0 bridgehead atoms. The van der Waals surface area contributed by atoms with Crippen LogP contribution in [0.25, 0.3) is 0 Å². The monoisotopic (exact) mass is 386 g/mol. The van der Waals surface area contributed by atoms with Crippen molar-refractivity contribution in [2.45, 2.75) is 19.9 Å². The number of carbonyl (C=O) groups excluding carboxylic acids is 1. The molecule has 0 fully saturated rings. The van der Waals surface area contributed by atoms with Gasteiger partial charge in [-0.3, -0.25) is 9.79 Å². The molecule has 0 aliphatic rings. The zero-order chi connectivity index (χ0) is 20.4. The fraction of sp³-hybridized carbons (Fsp3) is 0.333. The Hall–Kier alpha value is -3.09. The lowest BCUT2D eigenvalue weighted by Crippen LogP contribution is -2.37. The Morgan fingerprint density at radius 1 is 1.14 bits per heavy atom. The van der Waals surface area contributed by atoms with E-state index in [0.29, 0.717) is 31.2 Å². The molecule has 0 unspecified atom stereocenters. The van der Waals surface area contributed by atoms with Crippen molar-refractivity contribution in [1.29, 1.82) is 0 Å². The lowest BCUT2D eigenvalue weighted by Gasteiger charge is -2.13. The molecule has 28 heavy (non-hydrogen) atoms. The number of amides is 1. The van der Waals surface area contributed by atoms with Gasteiger partial charge in [-0.25, -0.2) is 4.39 Å². The number of benzene rings is 2. The van der Waals surface area contributed by atoms with Crippen molar-refractivity contribution in [2.75, 3.05) is 27.2 Å². The van der Waals surface area contributed by atoms with Crippen LogP contribution in [-0.4, -0.2) is 39.1 Å². The highest BCUT2D eigenvalue weighted by Crippen LogP contribution is 2.18. The summed E-state index contributed by atoms with van der Waals surface area (Å²) in [6.07, 6.45) is 0.739. The van der Waals surface area contributed by atoms with E-state index in [1.54, 1.807) is 26.2 Å². The van der Waals surface area contributed by atoms with Gasteiger partial charge in [-0.2, -0.15) is 0 Å². The third kappa shape index (κ3) is 6.26. The molecule has 2 aromatic carbocycles. The average molecular weight is 386 g/mol. The second kappa shape index (κ2) is 10.9. The Labute approximate surface area is 165 Å². The number of rotatable bonds is 8. The van der Waals surface area contributed by atoms with Crippen molar-refractivity contribution in [1.82, 2.24) is 16.0 Å². The molecular formula is C21H27FN4O2. The molecule has 0 aromatic heterocycles. The molecule has 0 heterocycles. The maximum Gasteiger partial charge on any atom is 0.251 e. The second-order valence-electron chi connectivity index (χ2n) is 6.08. The minimum absolute atomic E-state index is 0.102. The molecule has 7 heteroatoms. The van der Waals surface area contributed by atoms with Gasteiger partial charge in [0.1, 0.15) is 0 Å². The first-order chi connectivity index (χ1) is 13.6. The number of hydrogen-bond donors (Lipinski definition) is 3. The topological polar surface area (TPSA) is 74.8 Å². The van der Waals surface area contributed by atoms with Crippen LogP contribution in [0.3, 0.4) is 0 Å². The number of guanidine groups is 1. The van der Waals surface area contributed by atoms with E-state index >= 15 is 0 Å². The molecule has 6 nitrogen and oxygen atoms in total. The van der Waals surface area contributed by atoms with Gasteiger partial charge in [0.05, 0.1) is 6.61 Å². The summed E-state index contributed by atoms with van der Waals surface area (Å²) in [7, 11) is 3.29. The van der Waals surface area contributed by atoms with Gasteiger partial charge >= 0.3 is 0 Å². The Morgan fingerprint density at radius 3 is 2.64 bits per heavy atom. The molecule has 0 aliphatic carbocycles. The zero-order valence-corrected chi connectivity index (χ0v) is 16.5. The Morgan fingerprint density at radius 2 is 1.96 bits per heavy atom. The van der Waals surface area contributed by atoms with Crippen LogP contribution in [0.2, 0.25) is 0 Å². The smallest absolute Gasteiger partial charge is 0.251 e. The van der Waals surface area contributed by atoms with Gasteiger partial charge in [0.2, 0.25) is 0 Å². The molecule has 0 saturated heterocycles. The van der Waals surface area contributed by atoms with Crippen LogP contribution in [0.5, 0.6) is 5.75 Å². The summed E-state index contributed by atoms with van der Waals surface area (Å²) in [5, 5.41) is 8.99. The normalized spacial score (nSPS) is 11.1. The van der Waals surface area contributed by atoms with Crippen molar-refractivity contribution >= 4 is 11.9 Å². The summed E-state index contributed by atoms with van der Waals surface area (Å²) < 4.78 is 19.1. The van der Waals surface area contributed by atoms with Crippen molar-refractivity contribution in [3.8, 4) is 5.75 Å². The molecule has 0 aliphatic heterocycles. The first kappa shape index (κ1) is 21.2. The van der Waals surface area contributed by atoms with E-state index in [9.17, 15) is 9.18 Å². The van der Waals surface area contributed by atoms with E-state index in [1.165, 1.54) is 6.07 Å². The number of carbonyl (C=O) groups is 1. The average Bonchev–Trinajstić information content (AvgIpc) is 2.72. The van der Waals surface area contributed by atoms with E-state index in [4.69, 9.17) is 4.74 Å². The van der Waals surface area contributed by atoms with Crippen LogP contribution in [-0.2, 0) is 13.0 Å². The number of aliphatic imine (C=N–C) groups is 1. The Bertz CT molecular complexity index is 824. The Kier molecular flexibility index (Phi) is 8.27. The second-order valence-corrected chi connectivity index (χ2v) is 6.08. The molecule has 2 aromatic rings. The van der Waals surface area contributed by atoms with Crippen LogP contribution in [0.15, 0.2) is 47.5 Å². The van der Waals surface area contributed by atoms with E-state index in [1.807, 2.05) is 31.2 Å². The summed E-state index contributed by atoms with van der Waals surface area (Å²) in [6, 6.07) is 12.4. The van der Waals surface area contributed by atoms with Crippen molar-refractivity contribution in [3.63, 3.8) is 0 Å². The minimum atomic E-state index is -0.375. The SMILES string of the molecule is CCOc1ccc(CNC(=NC)NCCc2cccc(C(=O)NC)c2)cc1F. The molecule has 3 N–H and O–H groups in total. The molecule has 0 atom stereocenters. The van der Waals surface area contributed by atoms with Gasteiger partial charge in [0.15, 0.2) is 17.5 Å². The molecule has 0 saturated carbocycles. The van der Waals surface area contributed by atoms with E-state index in [-0.39, 0.29) is 17.5 Å². The van der Waals surface area contributed by atoms with E-state index in [2.05, 4.69) is 20.9 Å². The molecule has 0 radical (unpaired) electrons. The number of hydrogen-bond acceptors (Lipinski definition) is 3. The standard InChI is InChI=1S/C21H27FN4O2/c1-4-28-19-9-8-16(13-18(19)22)14-26-21(24-3)25-11-10-15-6-5-7-17(12-15)20(27)23-2/h5-9,12-13H,4,10-11,14H2,1-3H3,(H,23,27)(H2,24,25,26). The van der Waals surface area contributed by atoms with Gasteiger partial charge in [0.25, 0.3) is 5.91 Å². The van der Waals surface area contributed by atoms with Crippen LogP contribution >= 0.6 is 0 Å². The number of ether oxygens (including phenoxy) is 1. The molecular weight excluding hydrogens is 359 g/mol. The number of nitrogens with zero attached hydrogens (tertiary/aromatic N) is 1. The van der Waals surface area contributed by atoms with Crippen molar-refractivity contribution in [3.05, 3.63) is 65.0 Å². The highest BCUT2D eigenvalue weighted by Gasteiger charge is 2.06. The third-order valence-electron chi connectivity index (χ3n) is 4.10. The van der Waals surface area contributed by atoms with Crippen LogP contribution in [0, 0.1) is 5.82 Å². The van der Waals surface area contributed by atoms with E-state index < -0.39 is 0 Å². The highest BCUT2D eigenvalue weighted by atomic mass is 19.1. The summed E-state index contributed by atoms with van der Waals surface area (Å²) in [4.78, 5) is 15.9. The maximum absolute atomic E-state index is 13.9. The predicted molar refractivity (Wildman–Crippen MR) is 109 cm³/mol. The Balaban J connectivity index is 1.83. The summed E-state index contributed by atoms with van der Waals surface area (Å²) >= 11 is 0. The van der Waals surface area contributed by atoms with Crippen molar-refractivity contribution < 1.29 is 13.9 Å². The summed E-state index contributed by atoms with van der Waals surface area (Å²) in [5.74, 6) is 0.402. The lowest BCUT2D eigenvalue weighted by molar-refractivity contribution is 0.0963. The first-order valence-corrected chi connectivity index (χ1v) is 9.24. The highest BCUT2D eigenvalue weighted by molar-refractivity contribution is 5.94. The van der Waals surface area contributed by atoms with Crippen LogP contribution in [0.4, 0.5) is 4.39 Å². The summed E-state index contributed by atoms with van der Waals surface area (Å²) in [5.41, 5.74) is 2.49. The van der Waals surface area contributed by atoms with Crippen LogP contribution < -0.4 is 20.7 Å². The molecule has 2 rings (SSSR count). The fourth-order valence-electron chi connectivity index (χ4n) is 2.67. The van der Waals surface area contributed by atoms with Crippen LogP contribution in [0.1, 0.15) is 28.4 Å². The third-order valence-corrected chi connectivity index (χ3v) is 4.10. The number of nitrogens with one attached hydrogen (secondary N) is 3. The van der Waals surface area contributed by atoms with Gasteiger partial charge in [-0.15, -0.1) is 0 Å². The van der Waals surface area contributed by atoms with Gasteiger partial charge in [0, 0.05) is 32.7 Å². The van der Waals surface area contributed by atoms with E-state index in [0.717, 1.165) is 17.5 Å². The molecule has 150 valence electrons. The first-order valence-electron chi connectivity index (χ1n) is 9.24. The largest absolute Gasteiger partial charge is 0.491 e. The lowest BCUT2D eigenvalue weighted by atomic mass is 10.1. The fourth-order valence-corrected chi connectivity index (χ4v) is 2.67. The van der Waals surface area contributed by atoms with Gasteiger partial charge < -0.3 is 20.7 Å². The molecule has 1 amide bonds. The maximum atomic E-state index is 13.9. The zero-order valence-electron chi connectivity index (χ0n) is 16.5. The quantitative estimate of drug-likeness (QED) is 0.481. The van der Waals surface area contributed by atoms with Crippen molar-refractivity contribution in [2.24, 2.45) is 4.99 Å².